The van der Waals surface area contributed by atoms with Gasteiger partial charge in [0, 0.05) is 12.1 Å². The molecule has 4 nitrogen and oxygen atoms in total. The molecule has 0 bridgehead atoms. The van der Waals surface area contributed by atoms with Crippen molar-refractivity contribution in [2.75, 3.05) is 6.54 Å². The quantitative estimate of drug-likeness (QED) is 0.819. The van der Waals surface area contributed by atoms with E-state index in [1.165, 1.54) is 6.92 Å². The van der Waals surface area contributed by atoms with Crippen LogP contribution < -0.4 is 4.72 Å². The number of carbonyl (C=O) groups is 1. The molecule has 0 saturated heterocycles. The minimum atomic E-state index is -3.65. The average molecular weight is 343 g/mol. The number of sulfonamides is 1. The predicted molar refractivity (Wildman–Crippen MR) is 96.2 cm³/mol. The summed E-state index contributed by atoms with van der Waals surface area (Å²) in [5.74, 6) is -0.165. The van der Waals surface area contributed by atoms with Crippen molar-refractivity contribution in [3.63, 3.8) is 0 Å². The number of hydrogen-bond donors (Lipinski definition) is 1. The Kier molecular flexibility index (Phi) is 5.70. The van der Waals surface area contributed by atoms with Gasteiger partial charge in [0.15, 0.2) is 5.78 Å². The largest absolute Gasteiger partial charge is 0.295 e. The van der Waals surface area contributed by atoms with E-state index in [9.17, 15) is 13.2 Å². The Hall–Kier alpha value is -2.24. The molecule has 0 unspecified atom stereocenters. The molecule has 0 spiro atoms. The normalized spacial score (nSPS) is 12.2. The first kappa shape index (κ1) is 18.1. The second kappa shape index (κ2) is 7.55. The first-order chi connectivity index (χ1) is 11.3. The number of aryl methyl sites for hydroxylation is 2. The molecule has 0 fully saturated rings. The van der Waals surface area contributed by atoms with Crippen molar-refractivity contribution in [1.29, 1.82) is 0 Å². The molecule has 0 saturated carbocycles. The molecule has 0 aliphatic rings. The molecule has 0 amide bonds. The van der Waals surface area contributed by atoms with Crippen molar-refractivity contribution in [1.82, 2.24) is 4.72 Å². The Labute approximate surface area is 143 Å². The summed E-state index contributed by atoms with van der Waals surface area (Å²) in [6, 6.07) is 14.3. The Balaban J connectivity index is 2.18. The zero-order valence-electron chi connectivity index (χ0n) is 14.0. The van der Waals surface area contributed by atoms with E-state index < -0.39 is 10.0 Å². The summed E-state index contributed by atoms with van der Waals surface area (Å²) in [4.78, 5) is 12.0. The number of carbonyl (C=O) groups excluding carboxylic acids is 1. The SMILES string of the molecule is CC(=O)/C(=C/c1ccc(C)cc1)CNS(=O)(=O)c1ccc(C)cc1. The number of nitrogens with one attached hydrogen (secondary N) is 1. The summed E-state index contributed by atoms with van der Waals surface area (Å²) in [5, 5.41) is 0. The van der Waals surface area contributed by atoms with Gasteiger partial charge in [0.2, 0.25) is 10.0 Å². The van der Waals surface area contributed by atoms with E-state index in [1.807, 2.05) is 38.1 Å². The highest BCUT2D eigenvalue weighted by molar-refractivity contribution is 7.89. The van der Waals surface area contributed by atoms with Crippen LogP contribution in [0.1, 0.15) is 23.6 Å². The second-order valence-electron chi connectivity index (χ2n) is 5.77. The molecule has 0 radical (unpaired) electrons. The minimum absolute atomic E-state index is 0.0422. The molecule has 24 heavy (non-hydrogen) atoms. The molecule has 0 aliphatic heterocycles. The average Bonchev–Trinajstić information content (AvgIpc) is 2.53. The summed E-state index contributed by atoms with van der Waals surface area (Å²) in [7, 11) is -3.65. The van der Waals surface area contributed by atoms with Crippen molar-refractivity contribution < 1.29 is 13.2 Å². The van der Waals surface area contributed by atoms with Crippen LogP contribution in [0.3, 0.4) is 0 Å². The van der Waals surface area contributed by atoms with Gasteiger partial charge in [0.05, 0.1) is 4.90 Å². The van der Waals surface area contributed by atoms with Gasteiger partial charge in [-0.3, -0.25) is 4.79 Å². The van der Waals surface area contributed by atoms with Crippen molar-refractivity contribution >= 4 is 21.9 Å². The van der Waals surface area contributed by atoms with E-state index in [2.05, 4.69) is 4.72 Å². The van der Waals surface area contributed by atoms with Gasteiger partial charge in [-0.1, -0.05) is 47.5 Å². The van der Waals surface area contributed by atoms with Crippen LogP contribution in [0.25, 0.3) is 6.08 Å². The van der Waals surface area contributed by atoms with Crippen molar-refractivity contribution in [2.24, 2.45) is 0 Å². The molecule has 5 heteroatoms. The summed E-state index contributed by atoms with van der Waals surface area (Å²) in [6.45, 7) is 5.26. The maximum absolute atomic E-state index is 12.3. The first-order valence-corrected chi connectivity index (χ1v) is 9.11. The van der Waals surface area contributed by atoms with E-state index >= 15 is 0 Å². The van der Waals surface area contributed by atoms with E-state index in [0.29, 0.717) is 5.57 Å². The second-order valence-corrected chi connectivity index (χ2v) is 7.54. The Morgan fingerprint density at radius 3 is 1.96 bits per heavy atom. The molecule has 0 aliphatic carbocycles. The number of rotatable bonds is 6. The van der Waals surface area contributed by atoms with Gasteiger partial charge in [-0.25, -0.2) is 13.1 Å². The molecule has 0 atom stereocenters. The third-order valence-electron chi connectivity index (χ3n) is 3.65. The fourth-order valence-corrected chi connectivity index (χ4v) is 3.12. The molecule has 126 valence electrons. The molecule has 0 aromatic heterocycles. The maximum atomic E-state index is 12.3. The minimum Gasteiger partial charge on any atom is -0.295 e. The Morgan fingerprint density at radius 1 is 0.958 bits per heavy atom. The third kappa shape index (κ3) is 4.88. The molecular weight excluding hydrogens is 322 g/mol. The topological polar surface area (TPSA) is 63.2 Å². The lowest BCUT2D eigenvalue weighted by Gasteiger charge is -2.09. The fraction of sp³-hybridized carbons (Fsp3) is 0.211. The Bertz CT molecular complexity index is 848. The summed E-state index contributed by atoms with van der Waals surface area (Å²) >= 11 is 0. The number of hydrogen-bond acceptors (Lipinski definition) is 3. The molecule has 0 heterocycles. The van der Waals surface area contributed by atoms with Crippen molar-refractivity contribution in [2.45, 2.75) is 25.7 Å². The number of ketones is 1. The molecule has 2 aromatic rings. The number of Topliss-reactive ketones (excluding diaryl/α,β-unsaturated/α-hetero) is 1. The van der Waals surface area contributed by atoms with Gasteiger partial charge in [0.1, 0.15) is 0 Å². The van der Waals surface area contributed by atoms with Gasteiger partial charge < -0.3 is 0 Å². The van der Waals surface area contributed by atoms with E-state index in [0.717, 1.165) is 16.7 Å². The maximum Gasteiger partial charge on any atom is 0.240 e. The van der Waals surface area contributed by atoms with Crippen LogP contribution in [0.2, 0.25) is 0 Å². The lowest BCUT2D eigenvalue weighted by Crippen LogP contribution is -2.27. The van der Waals surface area contributed by atoms with E-state index in [-0.39, 0.29) is 17.2 Å². The number of benzene rings is 2. The van der Waals surface area contributed by atoms with E-state index in [1.54, 1.807) is 30.3 Å². The van der Waals surface area contributed by atoms with Crippen molar-refractivity contribution in [3.05, 3.63) is 70.8 Å². The predicted octanol–water partition coefficient (Wildman–Crippen LogP) is 3.25. The highest BCUT2D eigenvalue weighted by Crippen LogP contribution is 2.12. The highest BCUT2D eigenvalue weighted by Gasteiger charge is 2.15. The van der Waals surface area contributed by atoms with Crippen LogP contribution in [-0.2, 0) is 14.8 Å². The molecule has 1 N–H and O–H groups in total. The zero-order valence-corrected chi connectivity index (χ0v) is 14.9. The monoisotopic (exact) mass is 343 g/mol. The Morgan fingerprint density at radius 2 is 1.46 bits per heavy atom. The summed E-state index contributed by atoms with van der Waals surface area (Å²) in [6.07, 6.45) is 1.71. The lowest BCUT2D eigenvalue weighted by molar-refractivity contribution is -0.113. The standard InChI is InChI=1S/C19H21NO3S/c1-14-4-8-17(9-5-14)12-18(16(3)21)13-20-24(22,23)19-10-6-15(2)7-11-19/h4-12,20H,13H2,1-3H3/b18-12+. The van der Waals surface area contributed by atoms with Crippen LogP contribution in [-0.4, -0.2) is 20.7 Å². The molecular formula is C19H21NO3S. The zero-order chi connectivity index (χ0) is 17.7. The van der Waals surface area contributed by atoms with Crippen LogP contribution in [0, 0.1) is 13.8 Å². The van der Waals surface area contributed by atoms with Gasteiger partial charge in [0.25, 0.3) is 0 Å². The van der Waals surface area contributed by atoms with Crippen LogP contribution >= 0.6 is 0 Å². The summed E-state index contributed by atoms with van der Waals surface area (Å²) in [5.41, 5.74) is 3.38. The van der Waals surface area contributed by atoms with Crippen LogP contribution in [0.4, 0.5) is 0 Å². The fourth-order valence-electron chi connectivity index (χ4n) is 2.11. The van der Waals surface area contributed by atoms with Gasteiger partial charge in [-0.05, 0) is 44.5 Å². The third-order valence-corrected chi connectivity index (χ3v) is 5.07. The highest BCUT2D eigenvalue weighted by atomic mass is 32.2. The van der Waals surface area contributed by atoms with Crippen LogP contribution in [0.5, 0.6) is 0 Å². The first-order valence-electron chi connectivity index (χ1n) is 7.62. The molecule has 2 aromatic carbocycles. The van der Waals surface area contributed by atoms with Gasteiger partial charge >= 0.3 is 0 Å². The van der Waals surface area contributed by atoms with E-state index in [4.69, 9.17) is 0 Å². The lowest BCUT2D eigenvalue weighted by atomic mass is 10.1. The van der Waals surface area contributed by atoms with Gasteiger partial charge in [-0.2, -0.15) is 0 Å². The summed E-state index contributed by atoms with van der Waals surface area (Å²) < 4.78 is 27.1. The van der Waals surface area contributed by atoms with Crippen LogP contribution in [0.15, 0.2) is 59.0 Å². The van der Waals surface area contributed by atoms with Crippen molar-refractivity contribution in [3.8, 4) is 0 Å². The van der Waals surface area contributed by atoms with Gasteiger partial charge in [-0.15, -0.1) is 0 Å². The molecule has 2 rings (SSSR count). The smallest absolute Gasteiger partial charge is 0.240 e.